The molecular weight excluding hydrogens is 196 g/mol. The van der Waals surface area contributed by atoms with Gasteiger partial charge in [0.15, 0.2) is 0 Å². The minimum absolute atomic E-state index is 0.138. The van der Waals surface area contributed by atoms with Crippen molar-refractivity contribution in [3.05, 3.63) is 0 Å². The highest BCUT2D eigenvalue weighted by atomic mass is 32.2. The Bertz CT molecular complexity index is 199. The second-order valence-electron chi connectivity index (χ2n) is 3.86. The van der Waals surface area contributed by atoms with Gasteiger partial charge in [0.05, 0.1) is 6.04 Å². The lowest BCUT2D eigenvalue weighted by molar-refractivity contribution is -0.132. The molecule has 0 aromatic heterocycles. The normalized spacial score (nSPS) is 24.8. The molecule has 14 heavy (non-hydrogen) atoms. The van der Waals surface area contributed by atoms with E-state index in [-0.39, 0.29) is 11.9 Å². The Morgan fingerprint density at radius 1 is 1.71 bits per heavy atom. The van der Waals surface area contributed by atoms with Crippen molar-refractivity contribution in [3.63, 3.8) is 0 Å². The van der Waals surface area contributed by atoms with Gasteiger partial charge in [-0.25, -0.2) is 0 Å². The second kappa shape index (κ2) is 5.61. The van der Waals surface area contributed by atoms with E-state index in [9.17, 15) is 4.79 Å². The van der Waals surface area contributed by atoms with Crippen LogP contribution in [0.5, 0.6) is 0 Å². The molecule has 2 N–H and O–H groups in total. The quantitative estimate of drug-likeness (QED) is 0.768. The van der Waals surface area contributed by atoms with Gasteiger partial charge in [0, 0.05) is 24.1 Å². The largest absolute Gasteiger partial charge is 0.339 e. The molecule has 1 unspecified atom stereocenters. The molecule has 1 heterocycles. The second-order valence-corrected chi connectivity index (χ2v) is 5.41. The summed E-state index contributed by atoms with van der Waals surface area (Å²) in [5.74, 6) is 1.19. The lowest BCUT2D eigenvalue weighted by Gasteiger charge is -2.32. The van der Waals surface area contributed by atoms with E-state index in [0.717, 1.165) is 31.7 Å². The van der Waals surface area contributed by atoms with E-state index in [0.29, 0.717) is 5.25 Å². The Kier molecular flexibility index (Phi) is 4.75. The molecule has 3 nitrogen and oxygen atoms in total. The summed E-state index contributed by atoms with van der Waals surface area (Å²) in [7, 11) is 0. The number of nitrogens with two attached hydrogens (primary N) is 1. The molecule has 0 aromatic rings. The van der Waals surface area contributed by atoms with Crippen molar-refractivity contribution in [1.82, 2.24) is 4.90 Å². The maximum atomic E-state index is 11.8. The fourth-order valence-corrected chi connectivity index (χ4v) is 2.70. The van der Waals surface area contributed by atoms with Crippen molar-refractivity contribution < 1.29 is 4.79 Å². The molecular formula is C10H20N2OS. The number of hydrogen-bond acceptors (Lipinski definition) is 3. The first-order valence-electron chi connectivity index (χ1n) is 5.31. The standard InChI is InChI=1S/C10H20N2OS/c1-3-4-9(11)10(13)12-5-6-14-8(2)7-12/h8-9H,3-7,11H2,1-2H3/t8?,9-/m0/s1. The molecule has 1 saturated heterocycles. The molecule has 1 aliphatic heterocycles. The third-order valence-electron chi connectivity index (χ3n) is 2.47. The van der Waals surface area contributed by atoms with Gasteiger partial charge in [0.1, 0.15) is 0 Å². The van der Waals surface area contributed by atoms with Gasteiger partial charge in [-0.3, -0.25) is 4.79 Å². The predicted octanol–water partition coefficient (Wildman–Crippen LogP) is 1.08. The van der Waals surface area contributed by atoms with Gasteiger partial charge in [-0.05, 0) is 6.42 Å². The third-order valence-corrected chi connectivity index (χ3v) is 3.61. The Morgan fingerprint density at radius 3 is 3.00 bits per heavy atom. The zero-order chi connectivity index (χ0) is 10.6. The monoisotopic (exact) mass is 216 g/mol. The molecule has 82 valence electrons. The third kappa shape index (κ3) is 3.17. The van der Waals surface area contributed by atoms with Crippen LogP contribution in [0.25, 0.3) is 0 Å². The van der Waals surface area contributed by atoms with Crippen LogP contribution in [0.15, 0.2) is 0 Å². The molecule has 0 saturated carbocycles. The average Bonchev–Trinajstić information content (AvgIpc) is 2.17. The Hall–Kier alpha value is -0.220. The number of nitrogens with zero attached hydrogens (tertiary/aromatic N) is 1. The lowest BCUT2D eigenvalue weighted by Crippen LogP contribution is -2.48. The molecule has 0 bridgehead atoms. The molecule has 1 rings (SSSR count). The molecule has 0 aromatic carbocycles. The van der Waals surface area contributed by atoms with Crippen molar-refractivity contribution in [2.24, 2.45) is 5.73 Å². The fourth-order valence-electron chi connectivity index (χ4n) is 1.69. The van der Waals surface area contributed by atoms with Gasteiger partial charge in [-0.15, -0.1) is 0 Å². The van der Waals surface area contributed by atoms with E-state index in [1.165, 1.54) is 0 Å². The minimum Gasteiger partial charge on any atom is -0.339 e. The van der Waals surface area contributed by atoms with Gasteiger partial charge < -0.3 is 10.6 Å². The predicted molar refractivity (Wildman–Crippen MR) is 61.4 cm³/mol. The van der Waals surface area contributed by atoms with Gasteiger partial charge in [-0.2, -0.15) is 11.8 Å². The topological polar surface area (TPSA) is 46.3 Å². The summed E-state index contributed by atoms with van der Waals surface area (Å²) in [6.07, 6.45) is 1.78. The minimum atomic E-state index is -0.282. The van der Waals surface area contributed by atoms with E-state index < -0.39 is 0 Å². The zero-order valence-electron chi connectivity index (χ0n) is 9.03. The highest BCUT2D eigenvalue weighted by molar-refractivity contribution is 7.99. The van der Waals surface area contributed by atoms with Crippen LogP contribution >= 0.6 is 11.8 Å². The van der Waals surface area contributed by atoms with Crippen LogP contribution in [0, 0.1) is 0 Å². The summed E-state index contributed by atoms with van der Waals surface area (Å²) in [4.78, 5) is 13.7. The van der Waals surface area contributed by atoms with Gasteiger partial charge in [0.2, 0.25) is 5.91 Å². The number of carbonyl (C=O) groups excluding carboxylic acids is 1. The van der Waals surface area contributed by atoms with Crippen LogP contribution in [-0.4, -0.2) is 40.9 Å². The average molecular weight is 216 g/mol. The Balaban J connectivity index is 2.42. The van der Waals surface area contributed by atoms with Gasteiger partial charge in [-0.1, -0.05) is 20.3 Å². The number of amides is 1. The first-order chi connectivity index (χ1) is 6.65. The molecule has 1 aliphatic rings. The van der Waals surface area contributed by atoms with Gasteiger partial charge in [0.25, 0.3) is 0 Å². The summed E-state index contributed by atoms with van der Waals surface area (Å²) in [5.41, 5.74) is 5.81. The first kappa shape index (κ1) is 11.9. The lowest BCUT2D eigenvalue weighted by atomic mass is 10.1. The Labute approximate surface area is 90.4 Å². The molecule has 1 fully saturated rings. The Morgan fingerprint density at radius 2 is 2.43 bits per heavy atom. The van der Waals surface area contributed by atoms with Gasteiger partial charge >= 0.3 is 0 Å². The number of rotatable bonds is 3. The van der Waals surface area contributed by atoms with Crippen LogP contribution in [0.3, 0.4) is 0 Å². The summed E-state index contributed by atoms with van der Waals surface area (Å²) in [6.45, 7) is 5.95. The van der Waals surface area contributed by atoms with E-state index in [4.69, 9.17) is 5.73 Å². The highest BCUT2D eigenvalue weighted by Gasteiger charge is 2.24. The molecule has 0 spiro atoms. The van der Waals surface area contributed by atoms with Crippen LogP contribution in [-0.2, 0) is 4.79 Å². The zero-order valence-corrected chi connectivity index (χ0v) is 9.85. The summed E-state index contributed by atoms with van der Waals surface area (Å²) in [6, 6.07) is -0.282. The summed E-state index contributed by atoms with van der Waals surface area (Å²) < 4.78 is 0. The van der Waals surface area contributed by atoms with Crippen LogP contribution < -0.4 is 5.73 Å². The summed E-state index contributed by atoms with van der Waals surface area (Å²) >= 11 is 1.93. The van der Waals surface area contributed by atoms with Crippen molar-refractivity contribution in [3.8, 4) is 0 Å². The van der Waals surface area contributed by atoms with E-state index in [2.05, 4.69) is 13.8 Å². The smallest absolute Gasteiger partial charge is 0.239 e. The number of carbonyl (C=O) groups is 1. The molecule has 0 aliphatic carbocycles. The van der Waals surface area contributed by atoms with Crippen LogP contribution in [0.1, 0.15) is 26.7 Å². The molecule has 1 amide bonds. The van der Waals surface area contributed by atoms with Crippen molar-refractivity contribution in [2.75, 3.05) is 18.8 Å². The van der Waals surface area contributed by atoms with E-state index in [1.807, 2.05) is 16.7 Å². The van der Waals surface area contributed by atoms with Crippen molar-refractivity contribution in [2.45, 2.75) is 38.0 Å². The fraction of sp³-hybridized carbons (Fsp3) is 0.900. The summed E-state index contributed by atoms with van der Waals surface area (Å²) in [5, 5.41) is 0.557. The van der Waals surface area contributed by atoms with Crippen LogP contribution in [0.4, 0.5) is 0 Å². The van der Waals surface area contributed by atoms with E-state index >= 15 is 0 Å². The highest BCUT2D eigenvalue weighted by Crippen LogP contribution is 2.18. The van der Waals surface area contributed by atoms with E-state index in [1.54, 1.807) is 0 Å². The van der Waals surface area contributed by atoms with Crippen molar-refractivity contribution in [1.29, 1.82) is 0 Å². The number of thioether (sulfide) groups is 1. The van der Waals surface area contributed by atoms with Crippen LogP contribution in [0.2, 0.25) is 0 Å². The maximum absolute atomic E-state index is 11.8. The SMILES string of the molecule is CCC[C@H](N)C(=O)N1CCSC(C)C1. The molecule has 0 radical (unpaired) electrons. The molecule has 4 heteroatoms. The number of hydrogen-bond donors (Lipinski definition) is 1. The van der Waals surface area contributed by atoms with Crippen molar-refractivity contribution >= 4 is 17.7 Å². The first-order valence-corrected chi connectivity index (χ1v) is 6.36. The molecule has 2 atom stereocenters. The maximum Gasteiger partial charge on any atom is 0.239 e.